The molecule has 1 amide bonds. The highest BCUT2D eigenvalue weighted by Crippen LogP contribution is 2.26. The monoisotopic (exact) mass is 284 g/mol. The highest BCUT2D eigenvalue weighted by molar-refractivity contribution is 6.31. The molecule has 104 valence electrons. The molecular formula is C14H18ClFN2O. The molecule has 2 atom stereocenters. The minimum absolute atomic E-state index is 0.00247. The Balaban J connectivity index is 1.98. The normalized spacial score (nSPS) is 22.5. The van der Waals surface area contributed by atoms with Gasteiger partial charge >= 0.3 is 0 Å². The van der Waals surface area contributed by atoms with Gasteiger partial charge in [-0.05, 0) is 36.6 Å². The summed E-state index contributed by atoms with van der Waals surface area (Å²) in [5.41, 5.74) is 0.726. The molecular weight excluding hydrogens is 267 g/mol. The third-order valence-electron chi connectivity index (χ3n) is 3.66. The lowest BCUT2D eigenvalue weighted by molar-refractivity contribution is -0.124. The summed E-state index contributed by atoms with van der Waals surface area (Å²) in [6.07, 6.45) is 2.89. The van der Waals surface area contributed by atoms with Gasteiger partial charge in [0, 0.05) is 24.7 Å². The Kier molecular flexibility index (Phi) is 4.77. The molecule has 1 aromatic carbocycles. The first-order valence-electron chi connectivity index (χ1n) is 6.50. The van der Waals surface area contributed by atoms with Crippen LogP contribution < -0.4 is 10.6 Å². The molecule has 0 radical (unpaired) electrons. The summed E-state index contributed by atoms with van der Waals surface area (Å²) in [4.78, 5) is 11.7. The predicted molar refractivity (Wildman–Crippen MR) is 73.4 cm³/mol. The van der Waals surface area contributed by atoms with Crippen LogP contribution in [0.5, 0.6) is 0 Å². The fourth-order valence-electron chi connectivity index (χ4n) is 2.62. The second kappa shape index (κ2) is 6.35. The smallest absolute Gasteiger partial charge is 0.224 e. The molecule has 0 aromatic heterocycles. The molecule has 0 heterocycles. The van der Waals surface area contributed by atoms with Gasteiger partial charge in [-0.15, -0.1) is 0 Å². The minimum Gasteiger partial charge on any atom is -0.359 e. The van der Waals surface area contributed by atoms with Crippen molar-refractivity contribution in [2.24, 2.45) is 5.92 Å². The van der Waals surface area contributed by atoms with E-state index < -0.39 is 0 Å². The van der Waals surface area contributed by atoms with E-state index in [1.54, 1.807) is 13.1 Å². The van der Waals surface area contributed by atoms with Crippen LogP contribution in [-0.4, -0.2) is 19.0 Å². The van der Waals surface area contributed by atoms with Crippen molar-refractivity contribution < 1.29 is 9.18 Å². The van der Waals surface area contributed by atoms with Crippen molar-refractivity contribution in [1.82, 2.24) is 10.6 Å². The largest absolute Gasteiger partial charge is 0.359 e. The van der Waals surface area contributed by atoms with E-state index in [-0.39, 0.29) is 23.7 Å². The van der Waals surface area contributed by atoms with Crippen LogP contribution in [0, 0.1) is 11.7 Å². The number of halogens is 2. The van der Waals surface area contributed by atoms with E-state index in [1.165, 1.54) is 12.1 Å². The lowest BCUT2D eigenvalue weighted by Gasteiger charge is -2.20. The molecule has 1 aliphatic carbocycles. The number of hydrogen-bond acceptors (Lipinski definition) is 2. The third kappa shape index (κ3) is 3.45. The van der Waals surface area contributed by atoms with Gasteiger partial charge in [0.05, 0.1) is 5.92 Å². The molecule has 5 heteroatoms. The molecule has 0 spiro atoms. The van der Waals surface area contributed by atoms with Crippen molar-refractivity contribution in [2.45, 2.75) is 31.8 Å². The fourth-order valence-corrected chi connectivity index (χ4v) is 2.81. The van der Waals surface area contributed by atoms with Gasteiger partial charge in [-0.3, -0.25) is 4.79 Å². The number of rotatable bonds is 4. The maximum absolute atomic E-state index is 13.2. The zero-order valence-electron chi connectivity index (χ0n) is 10.9. The number of carbonyl (C=O) groups excluding carboxylic acids is 1. The quantitative estimate of drug-likeness (QED) is 0.892. The molecule has 0 saturated heterocycles. The second-order valence-corrected chi connectivity index (χ2v) is 5.28. The van der Waals surface area contributed by atoms with Gasteiger partial charge in [-0.2, -0.15) is 0 Å². The number of benzene rings is 1. The molecule has 2 unspecified atom stereocenters. The van der Waals surface area contributed by atoms with Crippen molar-refractivity contribution in [3.8, 4) is 0 Å². The van der Waals surface area contributed by atoms with E-state index in [4.69, 9.17) is 11.6 Å². The zero-order valence-corrected chi connectivity index (χ0v) is 11.6. The molecule has 3 nitrogen and oxygen atoms in total. The molecule has 0 bridgehead atoms. The second-order valence-electron chi connectivity index (χ2n) is 4.87. The van der Waals surface area contributed by atoms with Crippen LogP contribution in [0.15, 0.2) is 18.2 Å². The Morgan fingerprint density at radius 1 is 1.47 bits per heavy atom. The lowest BCUT2D eigenvalue weighted by Crippen LogP contribution is -2.40. The minimum atomic E-state index is -0.296. The predicted octanol–water partition coefficient (Wildman–Crippen LogP) is 2.48. The van der Waals surface area contributed by atoms with Gasteiger partial charge in [0.25, 0.3) is 0 Å². The summed E-state index contributed by atoms with van der Waals surface area (Å²) in [6.45, 7) is 0.481. The molecule has 0 aliphatic heterocycles. The van der Waals surface area contributed by atoms with E-state index in [0.717, 1.165) is 24.8 Å². The van der Waals surface area contributed by atoms with E-state index >= 15 is 0 Å². The Morgan fingerprint density at radius 3 is 3.00 bits per heavy atom. The van der Waals surface area contributed by atoms with Crippen LogP contribution in [0.25, 0.3) is 0 Å². The van der Waals surface area contributed by atoms with E-state index in [0.29, 0.717) is 11.6 Å². The Labute approximate surface area is 117 Å². The van der Waals surface area contributed by atoms with Gasteiger partial charge < -0.3 is 10.6 Å². The van der Waals surface area contributed by atoms with Gasteiger partial charge in [0.1, 0.15) is 5.82 Å². The van der Waals surface area contributed by atoms with Crippen LogP contribution in [0.1, 0.15) is 24.8 Å². The average Bonchev–Trinajstić information content (AvgIpc) is 2.87. The van der Waals surface area contributed by atoms with Crippen molar-refractivity contribution >= 4 is 17.5 Å². The Hall–Kier alpha value is -1.13. The van der Waals surface area contributed by atoms with E-state index in [2.05, 4.69) is 10.6 Å². The van der Waals surface area contributed by atoms with E-state index in [9.17, 15) is 9.18 Å². The zero-order chi connectivity index (χ0) is 13.8. The van der Waals surface area contributed by atoms with Crippen LogP contribution in [0.4, 0.5) is 4.39 Å². The average molecular weight is 285 g/mol. The number of amides is 1. The Morgan fingerprint density at radius 2 is 2.26 bits per heavy atom. The maximum Gasteiger partial charge on any atom is 0.224 e. The SMILES string of the molecule is CNC(=O)C1CCCC1NCc1cc(F)ccc1Cl. The third-order valence-corrected chi connectivity index (χ3v) is 4.03. The van der Waals surface area contributed by atoms with Gasteiger partial charge in [-0.1, -0.05) is 18.0 Å². The molecule has 1 aromatic rings. The standard InChI is InChI=1S/C14H18ClFN2O/c1-17-14(19)11-3-2-4-13(11)18-8-9-7-10(16)5-6-12(9)15/h5-7,11,13,18H,2-4,8H2,1H3,(H,17,19). The van der Waals surface area contributed by atoms with Gasteiger partial charge in [0.15, 0.2) is 0 Å². The summed E-state index contributed by atoms with van der Waals surface area (Å²) in [7, 11) is 1.65. The summed E-state index contributed by atoms with van der Waals surface area (Å²) in [5, 5.41) is 6.55. The first kappa shape index (κ1) is 14.3. The number of carbonyl (C=O) groups is 1. The van der Waals surface area contributed by atoms with Crippen molar-refractivity contribution in [3.63, 3.8) is 0 Å². The maximum atomic E-state index is 13.2. The lowest BCUT2D eigenvalue weighted by atomic mass is 10.0. The topological polar surface area (TPSA) is 41.1 Å². The summed E-state index contributed by atoms with van der Waals surface area (Å²) in [5.74, 6) is -0.229. The summed E-state index contributed by atoms with van der Waals surface area (Å²) < 4.78 is 13.2. The molecule has 2 rings (SSSR count). The van der Waals surface area contributed by atoms with Gasteiger partial charge in [-0.25, -0.2) is 4.39 Å². The van der Waals surface area contributed by atoms with Crippen LogP contribution in [-0.2, 0) is 11.3 Å². The van der Waals surface area contributed by atoms with Gasteiger partial charge in [0.2, 0.25) is 5.91 Å². The number of nitrogens with one attached hydrogen (secondary N) is 2. The highest BCUT2D eigenvalue weighted by Gasteiger charge is 2.31. The summed E-state index contributed by atoms with van der Waals surface area (Å²) >= 11 is 6.02. The van der Waals surface area contributed by atoms with E-state index in [1.807, 2.05) is 0 Å². The first-order chi connectivity index (χ1) is 9.11. The molecule has 1 saturated carbocycles. The van der Waals surface area contributed by atoms with Crippen LogP contribution in [0.2, 0.25) is 5.02 Å². The van der Waals surface area contributed by atoms with Crippen LogP contribution >= 0.6 is 11.6 Å². The fraction of sp³-hybridized carbons (Fsp3) is 0.500. The van der Waals surface area contributed by atoms with Crippen molar-refractivity contribution in [3.05, 3.63) is 34.6 Å². The van der Waals surface area contributed by atoms with Crippen LogP contribution in [0.3, 0.4) is 0 Å². The van der Waals surface area contributed by atoms with Crippen molar-refractivity contribution in [2.75, 3.05) is 7.05 Å². The van der Waals surface area contributed by atoms with Crippen molar-refractivity contribution in [1.29, 1.82) is 0 Å². The highest BCUT2D eigenvalue weighted by atomic mass is 35.5. The molecule has 19 heavy (non-hydrogen) atoms. The number of hydrogen-bond donors (Lipinski definition) is 2. The summed E-state index contributed by atoms with van der Waals surface area (Å²) in [6, 6.07) is 4.46. The molecule has 2 N–H and O–H groups in total. The molecule has 1 aliphatic rings. The molecule has 1 fully saturated rings. The Bertz CT molecular complexity index is 467. The first-order valence-corrected chi connectivity index (χ1v) is 6.88.